The molecule has 2 aliphatic carbocycles. The molecule has 1 aromatic carbocycles. The summed E-state index contributed by atoms with van der Waals surface area (Å²) in [6.45, 7) is 1.05. The highest BCUT2D eigenvalue weighted by molar-refractivity contribution is 5.89. The molecule has 0 radical (unpaired) electrons. The molecule has 2 N–H and O–H groups in total. The van der Waals surface area contributed by atoms with Gasteiger partial charge in [-0.2, -0.15) is 0 Å². The van der Waals surface area contributed by atoms with Crippen molar-refractivity contribution >= 4 is 5.91 Å². The lowest BCUT2D eigenvalue weighted by Crippen LogP contribution is -2.54. The largest absolute Gasteiger partial charge is 0.477 e. The Hall–Kier alpha value is -1.62. The van der Waals surface area contributed by atoms with Crippen molar-refractivity contribution in [2.45, 2.75) is 55.8 Å². The molecule has 4 rings (SSSR count). The van der Waals surface area contributed by atoms with Crippen molar-refractivity contribution in [3.8, 4) is 5.75 Å². The molecule has 23 heavy (non-hydrogen) atoms. The molecule has 1 amide bonds. The molecule has 1 saturated heterocycles. The monoisotopic (exact) mass is 318 g/mol. The van der Waals surface area contributed by atoms with E-state index in [1.807, 2.05) is 18.2 Å². The lowest BCUT2D eigenvalue weighted by atomic mass is 10.0. The average molecular weight is 318 g/mol. The summed E-state index contributed by atoms with van der Waals surface area (Å²) in [6.07, 6.45) is 3.40. The number of carbonyl (C=O) groups excluding carboxylic acids is 1. The normalized spacial score (nSPS) is 28.9. The summed E-state index contributed by atoms with van der Waals surface area (Å²) in [5.74, 6) is 1.24. The zero-order valence-corrected chi connectivity index (χ0v) is 13.2. The number of halogens is 1. The van der Waals surface area contributed by atoms with E-state index in [0.717, 1.165) is 12.3 Å². The highest BCUT2D eigenvalue weighted by Crippen LogP contribution is 2.48. The number of carbonyl (C=O) groups is 1. The van der Waals surface area contributed by atoms with Crippen LogP contribution >= 0.6 is 0 Å². The van der Waals surface area contributed by atoms with Crippen LogP contribution in [0.4, 0.5) is 4.39 Å². The first kappa shape index (κ1) is 14.9. The van der Waals surface area contributed by atoms with E-state index in [2.05, 4.69) is 16.7 Å². The quantitative estimate of drug-likeness (QED) is 0.876. The Balaban J connectivity index is 1.45. The minimum atomic E-state index is -1.03. The molecular weight excluding hydrogens is 295 g/mol. The van der Waals surface area contributed by atoms with Crippen LogP contribution in [0.25, 0.3) is 0 Å². The predicted molar refractivity (Wildman–Crippen MR) is 85.3 cm³/mol. The third kappa shape index (κ3) is 3.07. The van der Waals surface area contributed by atoms with Gasteiger partial charge in [-0.15, -0.1) is 0 Å². The van der Waals surface area contributed by atoms with Gasteiger partial charge >= 0.3 is 0 Å². The van der Waals surface area contributed by atoms with E-state index < -0.39 is 17.8 Å². The Morgan fingerprint density at radius 1 is 1.26 bits per heavy atom. The fourth-order valence-corrected chi connectivity index (χ4v) is 3.29. The molecule has 1 aromatic rings. The molecule has 0 aromatic heterocycles. The van der Waals surface area contributed by atoms with Crippen LogP contribution < -0.4 is 15.4 Å². The summed E-state index contributed by atoms with van der Waals surface area (Å²) < 4.78 is 20.0. The zero-order valence-electron chi connectivity index (χ0n) is 13.2. The van der Waals surface area contributed by atoms with Crippen LogP contribution in [0.1, 0.15) is 43.6 Å². The summed E-state index contributed by atoms with van der Waals surface area (Å²) in [4.78, 5) is 12.6. The fraction of sp³-hybridized carbons (Fsp3) is 0.611. The first-order valence-electron chi connectivity index (χ1n) is 8.62. The van der Waals surface area contributed by atoms with Crippen molar-refractivity contribution in [2.24, 2.45) is 0 Å². The molecule has 2 saturated carbocycles. The second-order valence-corrected chi connectivity index (χ2v) is 7.00. The van der Waals surface area contributed by atoms with Crippen molar-refractivity contribution in [3.05, 3.63) is 29.8 Å². The van der Waals surface area contributed by atoms with E-state index in [1.165, 1.54) is 18.4 Å². The highest BCUT2D eigenvalue weighted by atomic mass is 19.1. The van der Waals surface area contributed by atoms with Gasteiger partial charge in [-0.3, -0.25) is 4.79 Å². The van der Waals surface area contributed by atoms with E-state index in [-0.39, 0.29) is 5.91 Å². The zero-order chi connectivity index (χ0) is 15.9. The van der Waals surface area contributed by atoms with E-state index in [0.29, 0.717) is 31.7 Å². The molecule has 1 aliphatic heterocycles. The van der Waals surface area contributed by atoms with Crippen LogP contribution in [-0.4, -0.2) is 36.8 Å². The molecule has 124 valence electrons. The van der Waals surface area contributed by atoms with Crippen molar-refractivity contribution in [1.82, 2.24) is 10.6 Å². The molecule has 0 unspecified atom stereocenters. The number of hydrogen-bond donors (Lipinski definition) is 2. The second-order valence-electron chi connectivity index (χ2n) is 7.00. The molecule has 3 fully saturated rings. The van der Waals surface area contributed by atoms with E-state index in [9.17, 15) is 9.18 Å². The molecule has 3 aliphatic rings. The number of benzene rings is 1. The van der Waals surface area contributed by atoms with Gasteiger partial charge in [-0.25, -0.2) is 4.39 Å². The van der Waals surface area contributed by atoms with Gasteiger partial charge in [-0.1, -0.05) is 18.2 Å². The Morgan fingerprint density at radius 3 is 2.74 bits per heavy atom. The maximum absolute atomic E-state index is 13.9. The van der Waals surface area contributed by atoms with E-state index in [1.54, 1.807) is 0 Å². The van der Waals surface area contributed by atoms with Gasteiger partial charge in [0.1, 0.15) is 11.9 Å². The Bertz CT molecular complexity index is 598. The number of piperidine rings is 1. The first-order valence-corrected chi connectivity index (χ1v) is 8.62. The molecule has 5 heteroatoms. The Kier molecular flexibility index (Phi) is 3.76. The SMILES string of the molecule is O=C(N[C@H]1CCNC[C@@H]1F)C1(Oc2ccccc2C2CC2)CC1. The third-order valence-corrected chi connectivity index (χ3v) is 5.08. The number of para-hydroxylation sites is 1. The van der Waals surface area contributed by atoms with Crippen molar-refractivity contribution in [1.29, 1.82) is 0 Å². The third-order valence-electron chi connectivity index (χ3n) is 5.08. The summed E-state index contributed by atoms with van der Waals surface area (Å²) in [5, 5.41) is 5.88. The maximum Gasteiger partial charge on any atom is 0.264 e. The number of amides is 1. The topological polar surface area (TPSA) is 50.4 Å². The fourth-order valence-electron chi connectivity index (χ4n) is 3.29. The number of alkyl halides is 1. The minimum absolute atomic E-state index is 0.155. The Morgan fingerprint density at radius 2 is 2.04 bits per heavy atom. The van der Waals surface area contributed by atoms with E-state index in [4.69, 9.17) is 4.74 Å². The van der Waals surface area contributed by atoms with Gasteiger partial charge in [-0.05, 0) is 43.4 Å². The van der Waals surface area contributed by atoms with Crippen LogP contribution in [0.2, 0.25) is 0 Å². The van der Waals surface area contributed by atoms with Gasteiger partial charge in [0.15, 0.2) is 5.60 Å². The van der Waals surface area contributed by atoms with Crippen LogP contribution in [-0.2, 0) is 4.79 Å². The van der Waals surface area contributed by atoms with Crippen molar-refractivity contribution in [2.75, 3.05) is 13.1 Å². The van der Waals surface area contributed by atoms with Gasteiger partial charge in [0.2, 0.25) is 0 Å². The summed E-state index contributed by atoms with van der Waals surface area (Å²) in [6, 6.07) is 7.60. The van der Waals surface area contributed by atoms with Gasteiger partial charge < -0.3 is 15.4 Å². The summed E-state index contributed by atoms with van der Waals surface area (Å²) in [7, 11) is 0. The predicted octanol–water partition coefficient (Wildman–Crippen LogP) is 2.29. The number of rotatable bonds is 5. The van der Waals surface area contributed by atoms with E-state index >= 15 is 0 Å². The molecule has 0 spiro atoms. The van der Waals surface area contributed by atoms with Crippen molar-refractivity contribution < 1.29 is 13.9 Å². The highest BCUT2D eigenvalue weighted by Gasteiger charge is 2.54. The van der Waals surface area contributed by atoms with Gasteiger partial charge in [0, 0.05) is 19.4 Å². The minimum Gasteiger partial charge on any atom is -0.477 e. The lowest BCUT2D eigenvalue weighted by molar-refractivity contribution is -0.131. The first-order chi connectivity index (χ1) is 11.2. The molecule has 1 heterocycles. The van der Waals surface area contributed by atoms with Gasteiger partial charge in [0.05, 0.1) is 6.04 Å². The number of hydrogen-bond acceptors (Lipinski definition) is 3. The average Bonchev–Trinajstić information content (AvgIpc) is 3.45. The standard InChI is InChI=1S/C18H23FN2O2/c19-14-11-20-10-7-15(14)21-17(22)18(8-9-18)23-16-4-2-1-3-13(16)12-5-6-12/h1-4,12,14-15,20H,5-11H2,(H,21,22)/t14-,15-/m0/s1. The van der Waals surface area contributed by atoms with Crippen LogP contribution in [0.3, 0.4) is 0 Å². The van der Waals surface area contributed by atoms with Crippen LogP contribution in [0.5, 0.6) is 5.75 Å². The molecule has 2 atom stereocenters. The maximum atomic E-state index is 13.9. The van der Waals surface area contributed by atoms with Crippen molar-refractivity contribution in [3.63, 3.8) is 0 Å². The van der Waals surface area contributed by atoms with Crippen LogP contribution in [0.15, 0.2) is 24.3 Å². The summed E-state index contributed by atoms with van der Waals surface area (Å²) in [5.41, 5.74) is 0.423. The second kappa shape index (κ2) is 5.78. The number of nitrogens with one attached hydrogen (secondary N) is 2. The Labute approximate surface area is 135 Å². The number of ether oxygens (including phenoxy) is 1. The molecular formula is C18H23FN2O2. The molecule has 4 nitrogen and oxygen atoms in total. The lowest BCUT2D eigenvalue weighted by Gasteiger charge is -2.29. The molecule has 0 bridgehead atoms. The smallest absolute Gasteiger partial charge is 0.264 e. The van der Waals surface area contributed by atoms with Gasteiger partial charge in [0.25, 0.3) is 5.91 Å². The van der Waals surface area contributed by atoms with Crippen LogP contribution in [0, 0.1) is 0 Å². The summed E-state index contributed by atoms with van der Waals surface area (Å²) >= 11 is 0.